The highest BCUT2D eigenvalue weighted by atomic mass is 79.9. The minimum Gasteiger partial charge on any atom is -0.380 e. The molecule has 0 spiro atoms. The molecule has 1 saturated heterocycles. The van der Waals surface area contributed by atoms with E-state index >= 15 is 0 Å². The van der Waals surface area contributed by atoms with Crippen molar-refractivity contribution in [2.75, 3.05) is 25.5 Å². The standard InChI is InChI=1S/C15H21BrN2O2.ClH/c1-20-10-12-13(16)3-2-4-14(12)18-15(19)6-5-11-7-8-17-9-11;/h2-4,11,17H,5-10H2,1H3,(H,18,19);1H. The summed E-state index contributed by atoms with van der Waals surface area (Å²) < 4.78 is 6.14. The minimum absolute atomic E-state index is 0. The summed E-state index contributed by atoms with van der Waals surface area (Å²) >= 11 is 3.49. The zero-order chi connectivity index (χ0) is 14.4. The van der Waals surface area contributed by atoms with Crippen LogP contribution in [0.4, 0.5) is 5.69 Å². The molecule has 1 fully saturated rings. The van der Waals surface area contributed by atoms with Crippen molar-refractivity contribution in [3.8, 4) is 0 Å². The van der Waals surface area contributed by atoms with Gasteiger partial charge in [0.2, 0.25) is 5.91 Å². The van der Waals surface area contributed by atoms with Gasteiger partial charge in [-0.3, -0.25) is 4.79 Å². The normalized spacial score (nSPS) is 17.3. The summed E-state index contributed by atoms with van der Waals surface area (Å²) in [6.45, 7) is 2.60. The van der Waals surface area contributed by atoms with Crippen LogP contribution < -0.4 is 10.6 Å². The van der Waals surface area contributed by atoms with Crippen LogP contribution in [0.2, 0.25) is 0 Å². The Hall–Kier alpha value is -0.620. The number of halogens is 2. The highest BCUT2D eigenvalue weighted by Crippen LogP contribution is 2.26. The number of hydrogen-bond donors (Lipinski definition) is 2. The molecule has 4 nitrogen and oxygen atoms in total. The predicted octanol–water partition coefficient (Wildman–Crippen LogP) is 3.35. The van der Waals surface area contributed by atoms with Crippen molar-refractivity contribution < 1.29 is 9.53 Å². The first-order valence-corrected chi connectivity index (χ1v) is 7.77. The van der Waals surface area contributed by atoms with Gasteiger partial charge in [0.05, 0.1) is 6.61 Å². The number of carbonyl (C=O) groups excluding carboxylic acids is 1. The van der Waals surface area contributed by atoms with Crippen LogP contribution in [-0.2, 0) is 16.1 Å². The van der Waals surface area contributed by atoms with Gasteiger partial charge in [0.15, 0.2) is 0 Å². The van der Waals surface area contributed by atoms with Gasteiger partial charge in [0.1, 0.15) is 0 Å². The van der Waals surface area contributed by atoms with E-state index in [1.165, 1.54) is 6.42 Å². The first kappa shape index (κ1) is 18.4. The van der Waals surface area contributed by atoms with Gasteiger partial charge in [-0.2, -0.15) is 0 Å². The van der Waals surface area contributed by atoms with Crippen molar-refractivity contribution in [3.63, 3.8) is 0 Å². The molecule has 2 rings (SSSR count). The summed E-state index contributed by atoms with van der Waals surface area (Å²) in [6.07, 6.45) is 2.71. The van der Waals surface area contributed by atoms with Gasteiger partial charge in [-0.1, -0.05) is 22.0 Å². The number of rotatable bonds is 6. The SMILES string of the molecule is COCc1c(Br)cccc1NC(=O)CCC1CCNC1.Cl. The summed E-state index contributed by atoms with van der Waals surface area (Å²) in [5.41, 5.74) is 1.81. The highest BCUT2D eigenvalue weighted by Gasteiger charge is 2.16. The second-order valence-electron chi connectivity index (χ2n) is 5.14. The van der Waals surface area contributed by atoms with Gasteiger partial charge in [-0.15, -0.1) is 12.4 Å². The molecular weight excluding hydrogens is 356 g/mol. The van der Waals surface area contributed by atoms with E-state index in [2.05, 4.69) is 26.6 Å². The van der Waals surface area contributed by atoms with Crippen molar-refractivity contribution in [1.82, 2.24) is 5.32 Å². The molecule has 118 valence electrons. The van der Waals surface area contributed by atoms with Gasteiger partial charge in [0.25, 0.3) is 0 Å². The van der Waals surface area contributed by atoms with E-state index < -0.39 is 0 Å². The second kappa shape index (κ2) is 9.41. The lowest BCUT2D eigenvalue weighted by molar-refractivity contribution is -0.116. The number of methoxy groups -OCH3 is 1. The second-order valence-corrected chi connectivity index (χ2v) is 6.00. The number of benzene rings is 1. The molecule has 1 aliphatic rings. The minimum atomic E-state index is 0. The van der Waals surface area contributed by atoms with E-state index in [9.17, 15) is 4.79 Å². The maximum Gasteiger partial charge on any atom is 0.224 e. The first-order valence-electron chi connectivity index (χ1n) is 6.97. The summed E-state index contributed by atoms with van der Waals surface area (Å²) in [4.78, 5) is 12.0. The van der Waals surface area contributed by atoms with Crippen molar-refractivity contribution in [2.45, 2.75) is 25.9 Å². The summed E-state index contributed by atoms with van der Waals surface area (Å²) in [5.74, 6) is 0.717. The summed E-state index contributed by atoms with van der Waals surface area (Å²) in [6, 6.07) is 5.78. The predicted molar refractivity (Wildman–Crippen MR) is 90.9 cm³/mol. The topological polar surface area (TPSA) is 50.4 Å². The van der Waals surface area contributed by atoms with Gasteiger partial charge in [-0.05, 0) is 44.0 Å². The van der Waals surface area contributed by atoms with Crippen molar-refractivity contribution in [1.29, 1.82) is 0 Å². The molecule has 0 bridgehead atoms. The van der Waals surface area contributed by atoms with E-state index in [1.807, 2.05) is 18.2 Å². The molecule has 0 aromatic heterocycles. The number of hydrogen-bond acceptors (Lipinski definition) is 3. The number of anilines is 1. The molecule has 1 aliphatic heterocycles. The molecule has 1 heterocycles. The average molecular weight is 378 g/mol. The van der Waals surface area contributed by atoms with Crippen LogP contribution in [0.5, 0.6) is 0 Å². The number of nitrogens with one attached hydrogen (secondary N) is 2. The molecule has 1 aromatic carbocycles. The molecule has 0 saturated carbocycles. The Kier molecular flexibility index (Phi) is 8.26. The molecule has 6 heteroatoms. The van der Waals surface area contributed by atoms with Gasteiger partial charge in [-0.25, -0.2) is 0 Å². The van der Waals surface area contributed by atoms with Crippen LogP contribution in [-0.4, -0.2) is 26.1 Å². The lowest BCUT2D eigenvalue weighted by atomic mass is 10.0. The number of amides is 1. The lowest BCUT2D eigenvalue weighted by Gasteiger charge is -2.13. The Balaban J connectivity index is 0.00000220. The maximum atomic E-state index is 12.0. The highest BCUT2D eigenvalue weighted by molar-refractivity contribution is 9.10. The maximum absolute atomic E-state index is 12.0. The average Bonchev–Trinajstić information content (AvgIpc) is 2.94. The first-order chi connectivity index (χ1) is 9.70. The zero-order valence-corrected chi connectivity index (χ0v) is 14.6. The van der Waals surface area contributed by atoms with E-state index in [0.717, 1.165) is 35.2 Å². The Morgan fingerprint density at radius 3 is 3.00 bits per heavy atom. The smallest absolute Gasteiger partial charge is 0.224 e. The van der Waals surface area contributed by atoms with Gasteiger partial charge < -0.3 is 15.4 Å². The fraction of sp³-hybridized carbons (Fsp3) is 0.533. The largest absolute Gasteiger partial charge is 0.380 e. The molecular formula is C15H22BrClN2O2. The molecule has 1 unspecified atom stereocenters. The van der Waals surface area contributed by atoms with Crippen molar-refractivity contribution >= 4 is 39.9 Å². The Labute approximate surface area is 140 Å². The van der Waals surface area contributed by atoms with E-state index in [1.54, 1.807) is 7.11 Å². The molecule has 0 aliphatic carbocycles. The molecule has 1 atom stereocenters. The van der Waals surface area contributed by atoms with Crippen LogP contribution in [0.1, 0.15) is 24.8 Å². The molecule has 1 amide bonds. The van der Waals surface area contributed by atoms with Crippen LogP contribution >= 0.6 is 28.3 Å². The van der Waals surface area contributed by atoms with E-state index in [0.29, 0.717) is 18.9 Å². The molecule has 0 radical (unpaired) electrons. The van der Waals surface area contributed by atoms with Crippen LogP contribution in [0.3, 0.4) is 0 Å². The number of ether oxygens (including phenoxy) is 1. The fourth-order valence-electron chi connectivity index (χ4n) is 2.48. The van der Waals surface area contributed by atoms with Gasteiger partial charge in [0, 0.05) is 29.3 Å². The third-order valence-electron chi connectivity index (χ3n) is 3.62. The van der Waals surface area contributed by atoms with Crippen LogP contribution in [0.15, 0.2) is 22.7 Å². The van der Waals surface area contributed by atoms with E-state index in [-0.39, 0.29) is 18.3 Å². The Morgan fingerprint density at radius 1 is 1.52 bits per heavy atom. The zero-order valence-electron chi connectivity index (χ0n) is 12.2. The fourth-order valence-corrected chi connectivity index (χ4v) is 2.96. The monoisotopic (exact) mass is 376 g/mol. The third-order valence-corrected chi connectivity index (χ3v) is 4.37. The lowest BCUT2D eigenvalue weighted by Crippen LogP contribution is -2.16. The van der Waals surface area contributed by atoms with E-state index in [4.69, 9.17) is 4.74 Å². The number of carbonyl (C=O) groups is 1. The van der Waals surface area contributed by atoms with Crippen molar-refractivity contribution in [3.05, 3.63) is 28.2 Å². The Bertz CT molecular complexity index is 465. The van der Waals surface area contributed by atoms with Crippen LogP contribution in [0, 0.1) is 5.92 Å². The Morgan fingerprint density at radius 2 is 2.33 bits per heavy atom. The van der Waals surface area contributed by atoms with Crippen LogP contribution in [0.25, 0.3) is 0 Å². The quantitative estimate of drug-likeness (QED) is 0.799. The molecule has 21 heavy (non-hydrogen) atoms. The third kappa shape index (κ3) is 5.58. The van der Waals surface area contributed by atoms with Gasteiger partial charge >= 0.3 is 0 Å². The summed E-state index contributed by atoms with van der Waals surface area (Å²) in [5, 5.41) is 6.32. The molecule has 1 aromatic rings. The van der Waals surface area contributed by atoms with Crippen molar-refractivity contribution in [2.24, 2.45) is 5.92 Å². The summed E-state index contributed by atoms with van der Waals surface area (Å²) in [7, 11) is 1.65. The molecule has 2 N–H and O–H groups in total.